The zero-order valence-electron chi connectivity index (χ0n) is 2.42. The van der Waals surface area contributed by atoms with Gasteiger partial charge in [-0.25, -0.2) is 0 Å². The van der Waals surface area contributed by atoms with E-state index in [-0.39, 0.29) is 37.7 Å². The van der Waals surface area contributed by atoms with Crippen molar-refractivity contribution < 1.29 is 0 Å². The van der Waals surface area contributed by atoms with Crippen molar-refractivity contribution in [1.82, 2.24) is 0 Å². The Kier molecular flexibility index (Phi) is 232. The van der Waals surface area contributed by atoms with Gasteiger partial charge in [-0.05, 0) is 0 Å². The summed E-state index contributed by atoms with van der Waals surface area (Å²) in [5, 5.41) is 19.1. The van der Waals surface area contributed by atoms with Crippen molar-refractivity contribution in [2.75, 3.05) is 0 Å². The van der Waals surface area contributed by atoms with Crippen LogP contribution in [-0.2, 0) is 0 Å². The molecule has 0 saturated carbocycles. The molecule has 0 aromatic carbocycles. The molecule has 0 radical (unpaired) electrons. The van der Waals surface area contributed by atoms with Gasteiger partial charge in [0.1, 0.15) is 0 Å². The molecule has 0 aromatic heterocycles. The third-order valence-electron chi connectivity index (χ3n) is 0. The van der Waals surface area contributed by atoms with Gasteiger partial charge in [-0.2, -0.15) is 5.26 Å². The van der Waals surface area contributed by atoms with E-state index in [9.17, 15) is 0 Å². The molecule has 0 fully saturated rings. The van der Waals surface area contributed by atoms with E-state index in [4.69, 9.17) is 16.0 Å². The van der Waals surface area contributed by atoms with E-state index in [1.807, 2.05) is 0 Å². The first-order valence-electron chi connectivity index (χ1n) is 0.712. The van der Waals surface area contributed by atoms with E-state index < -0.39 is 0 Å². The summed E-state index contributed by atoms with van der Waals surface area (Å²) in [5.74, 6) is 0. The summed E-state index contributed by atoms with van der Waals surface area (Å²) >= 11 is 0. The molecule has 0 amide bonds. The van der Waals surface area contributed by atoms with Crippen LogP contribution >= 0.6 is 0 Å². The predicted octanol–water partition coefficient (Wildman–Crippen LogP) is -1.46. The third kappa shape index (κ3) is 38200. The second-order valence-electron chi connectivity index (χ2n) is 0.129. The average Bonchev–Trinajstić information content (AvgIpc) is 1.46. The molecule has 0 aliphatic rings. The summed E-state index contributed by atoms with van der Waals surface area (Å²) in [4.78, 5) is 0. The standard InChI is InChI=1S/CH2N2.Ca.N2.2H/c2-1-3;;1-2;;/h2H2;;;;. The minimum atomic E-state index is 0. The van der Waals surface area contributed by atoms with Gasteiger partial charge in [-0.3, -0.25) is 0 Å². The topological polar surface area (TPSA) is 97.4 Å². The number of hydrogen-bond donors (Lipinski definition) is 1. The summed E-state index contributed by atoms with van der Waals surface area (Å²) in [6, 6.07) is 0. The average molecular weight is 112 g/mol. The molecule has 0 aromatic rings. The molecule has 0 aliphatic carbocycles. The number of nitriles is 1. The van der Waals surface area contributed by atoms with Crippen molar-refractivity contribution in [2.45, 2.75) is 0 Å². The van der Waals surface area contributed by atoms with Crippen LogP contribution in [0.25, 0.3) is 0 Å². The van der Waals surface area contributed by atoms with Gasteiger partial charge in [-0.15, -0.1) is 0 Å². The SMILES string of the molecule is N#CN.N#N.[CaH2]. The van der Waals surface area contributed by atoms with E-state index in [1.54, 1.807) is 0 Å². The van der Waals surface area contributed by atoms with Gasteiger partial charge >= 0.3 is 37.7 Å². The van der Waals surface area contributed by atoms with Crippen molar-refractivity contribution >= 4 is 37.7 Å². The van der Waals surface area contributed by atoms with Gasteiger partial charge < -0.3 is 5.73 Å². The Labute approximate surface area is 65.3 Å². The molecule has 0 heterocycles. The van der Waals surface area contributed by atoms with Crippen molar-refractivity contribution in [2.24, 2.45) is 5.73 Å². The second-order valence-corrected chi connectivity index (χ2v) is 0.129. The molecule has 0 spiro atoms. The van der Waals surface area contributed by atoms with Crippen LogP contribution < -0.4 is 5.73 Å². The molecule has 30 valence electrons. The maximum absolute atomic E-state index is 7.10. The monoisotopic (exact) mass is 112 g/mol. The molecule has 5 heteroatoms. The van der Waals surface area contributed by atoms with E-state index in [2.05, 4.69) is 5.73 Å². The van der Waals surface area contributed by atoms with E-state index in [0.717, 1.165) is 0 Å². The van der Waals surface area contributed by atoms with Crippen molar-refractivity contribution in [3.8, 4) is 6.19 Å². The van der Waals surface area contributed by atoms with Gasteiger partial charge in [0.2, 0.25) is 0 Å². The Hall–Kier alpha value is -0.0303. The van der Waals surface area contributed by atoms with Crippen LogP contribution in [0.5, 0.6) is 0 Å². The van der Waals surface area contributed by atoms with Gasteiger partial charge in [-0.1, -0.05) is 0 Å². The van der Waals surface area contributed by atoms with Crippen LogP contribution in [0.4, 0.5) is 0 Å². The van der Waals surface area contributed by atoms with Gasteiger partial charge in [0.05, 0.1) is 0 Å². The van der Waals surface area contributed by atoms with Crippen molar-refractivity contribution in [3.05, 3.63) is 0 Å². The van der Waals surface area contributed by atoms with E-state index in [0.29, 0.717) is 0 Å². The molecule has 0 bridgehead atoms. The second kappa shape index (κ2) is 83.3. The van der Waals surface area contributed by atoms with Crippen LogP contribution in [0, 0.1) is 22.2 Å². The fraction of sp³-hybridized carbons (Fsp3) is 0. The number of nitrogens with two attached hydrogens (primary N) is 1. The molecule has 2 N–H and O–H groups in total. The normalized spacial score (nSPS) is 1.50. The third-order valence-corrected chi connectivity index (χ3v) is 0. The van der Waals surface area contributed by atoms with Crippen LogP contribution in [0.3, 0.4) is 0 Å². The first-order chi connectivity index (χ1) is 2.41. The van der Waals surface area contributed by atoms with Gasteiger partial charge in [0.25, 0.3) is 0 Å². The van der Waals surface area contributed by atoms with Crippen LogP contribution in [0.1, 0.15) is 0 Å². The minimum absolute atomic E-state index is 0. The Bertz CT molecular complexity index is 50.3. The molecular weight excluding hydrogens is 108 g/mol. The van der Waals surface area contributed by atoms with E-state index in [1.165, 1.54) is 6.19 Å². The van der Waals surface area contributed by atoms with E-state index >= 15 is 0 Å². The zero-order chi connectivity index (χ0) is 4.71. The number of nitrogens with zero attached hydrogens (tertiary/aromatic N) is 3. The molecule has 0 aliphatic heterocycles. The molecule has 0 saturated heterocycles. The Balaban J connectivity index is -0.0000000275. The molecular formula is CH4CaN4. The maximum atomic E-state index is 7.10. The Morgan fingerprint density at radius 3 is 1.33 bits per heavy atom. The fourth-order valence-electron chi connectivity index (χ4n) is 0. The number of rotatable bonds is 0. The Morgan fingerprint density at radius 1 is 1.33 bits per heavy atom. The summed E-state index contributed by atoms with van der Waals surface area (Å²) in [7, 11) is 0. The van der Waals surface area contributed by atoms with Crippen LogP contribution in [0.15, 0.2) is 0 Å². The number of hydrogen-bond acceptors (Lipinski definition) is 4. The molecule has 0 atom stereocenters. The zero-order valence-corrected chi connectivity index (χ0v) is 2.42. The predicted molar refractivity (Wildman–Crippen MR) is 21.8 cm³/mol. The van der Waals surface area contributed by atoms with Crippen molar-refractivity contribution in [1.29, 1.82) is 16.0 Å². The molecule has 4 nitrogen and oxygen atoms in total. The van der Waals surface area contributed by atoms with Crippen LogP contribution in [-0.4, -0.2) is 37.7 Å². The molecule has 0 unspecified atom stereocenters. The fourth-order valence-corrected chi connectivity index (χ4v) is 0. The summed E-state index contributed by atoms with van der Waals surface area (Å²) in [5.41, 5.74) is 4.15. The molecule has 0 rings (SSSR count). The first-order valence-corrected chi connectivity index (χ1v) is 0.712. The molecule has 6 heavy (non-hydrogen) atoms. The van der Waals surface area contributed by atoms with Crippen LogP contribution in [0.2, 0.25) is 0 Å². The Morgan fingerprint density at radius 2 is 1.33 bits per heavy atom. The summed E-state index contributed by atoms with van der Waals surface area (Å²) < 4.78 is 0. The quantitative estimate of drug-likeness (QED) is 0.179. The van der Waals surface area contributed by atoms with Gasteiger partial charge in [0.15, 0.2) is 6.19 Å². The first kappa shape index (κ1) is 16.7. The van der Waals surface area contributed by atoms with Gasteiger partial charge in [0, 0.05) is 10.8 Å². The summed E-state index contributed by atoms with van der Waals surface area (Å²) in [6.07, 6.45) is 1.25. The summed E-state index contributed by atoms with van der Waals surface area (Å²) in [6.45, 7) is 0. The van der Waals surface area contributed by atoms with Crippen molar-refractivity contribution in [3.63, 3.8) is 0 Å².